The van der Waals surface area contributed by atoms with E-state index in [0.29, 0.717) is 17.0 Å². The second-order valence-corrected chi connectivity index (χ2v) is 5.54. The van der Waals surface area contributed by atoms with E-state index in [-0.39, 0.29) is 11.7 Å². The summed E-state index contributed by atoms with van der Waals surface area (Å²) in [4.78, 5) is 0. The molecular formula is C16H23FO. The zero-order valence-electron chi connectivity index (χ0n) is 11.3. The highest BCUT2D eigenvalue weighted by Crippen LogP contribution is 2.40. The van der Waals surface area contributed by atoms with Gasteiger partial charge in [-0.1, -0.05) is 50.8 Å². The lowest BCUT2D eigenvalue weighted by atomic mass is 9.73. The molecule has 3 unspecified atom stereocenters. The summed E-state index contributed by atoms with van der Waals surface area (Å²) in [7, 11) is 0. The van der Waals surface area contributed by atoms with Gasteiger partial charge in [0.05, 0.1) is 6.10 Å². The van der Waals surface area contributed by atoms with Crippen LogP contribution in [0.3, 0.4) is 0 Å². The van der Waals surface area contributed by atoms with E-state index in [4.69, 9.17) is 0 Å². The average molecular weight is 250 g/mol. The molecular weight excluding hydrogens is 227 g/mol. The van der Waals surface area contributed by atoms with Gasteiger partial charge < -0.3 is 5.11 Å². The number of aliphatic hydroxyl groups is 1. The van der Waals surface area contributed by atoms with Crippen LogP contribution in [0.1, 0.15) is 56.3 Å². The van der Waals surface area contributed by atoms with Crippen molar-refractivity contribution in [3.05, 3.63) is 35.1 Å². The molecule has 1 fully saturated rings. The van der Waals surface area contributed by atoms with E-state index >= 15 is 0 Å². The molecule has 0 aliphatic heterocycles. The minimum atomic E-state index is -0.643. The van der Waals surface area contributed by atoms with E-state index in [2.05, 4.69) is 6.92 Å². The summed E-state index contributed by atoms with van der Waals surface area (Å²) < 4.78 is 14.1. The van der Waals surface area contributed by atoms with Crippen LogP contribution >= 0.6 is 0 Å². The van der Waals surface area contributed by atoms with Crippen molar-refractivity contribution in [3.8, 4) is 0 Å². The molecule has 1 N–H and O–H groups in total. The topological polar surface area (TPSA) is 20.2 Å². The summed E-state index contributed by atoms with van der Waals surface area (Å²) in [6, 6.07) is 5.32. The molecule has 2 rings (SSSR count). The highest BCUT2D eigenvalue weighted by Gasteiger charge is 2.31. The number of benzene rings is 1. The number of halogens is 1. The number of aliphatic hydroxyl groups excluding tert-OH is 1. The lowest BCUT2D eigenvalue weighted by Gasteiger charge is -2.34. The molecule has 1 aliphatic rings. The van der Waals surface area contributed by atoms with Crippen molar-refractivity contribution in [1.29, 1.82) is 0 Å². The molecule has 0 saturated heterocycles. The Bertz CT molecular complexity index is 402. The van der Waals surface area contributed by atoms with Crippen molar-refractivity contribution in [2.24, 2.45) is 11.8 Å². The van der Waals surface area contributed by atoms with Crippen LogP contribution in [0.25, 0.3) is 0 Å². The van der Waals surface area contributed by atoms with Gasteiger partial charge in [-0.15, -0.1) is 0 Å². The Morgan fingerprint density at radius 2 is 2.06 bits per heavy atom. The van der Waals surface area contributed by atoms with Crippen LogP contribution in [0.15, 0.2) is 18.2 Å². The predicted molar refractivity (Wildman–Crippen MR) is 71.8 cm³/mol. The standard InChI is InChI=1S/C16H23FO/c1-3-12-8-4-5-9-13(12)16(18)14-10-6-7-11(2)15(14)17/h6-7,10,12-13,16,18H,3-5,8-9H2,1-2H3. The zero-order valence-corrected chi connectivity index (χ0v) is 11.3. The minimum absolute atomic E-state index is 0.222. The van der Waals surface area contributed by atoms with Crippen molar-refractivity contribution >= 4 is 0 Å². The van der Waals surface area contributed by atoms with Gasteiger partial charge in [0.1, 0.15) is 5.82 Å². The molecule has 1 saturated carbocycles. The zero-order chi connectivity index (χ0) is 13.1. The van der Waals surface area contributed by atoms with Gasteiger partial charge in [0, 0.05) is 5.56 Å². The van der Waals surface area contributed by atoms with Crippen LogP contribution in [0.5, 0.6) is 0 Å². The third kappa shape index (κ3) is 2.59. The first-order valence-corrected chi connectivity index (χ1v) is 7.08. The summed E-state index contributed by atoms with van der Waals surface area (Å²) in [6.07, 6.45) is 5.03. The lowest BCUT2D eigenvalue weighted by molar-refractivity contribution is 0.0426. The van der Waals surface area contributed by atoms with E-state index in [1.807, 2.05) is 6.07 Å². The largest absolute Gasteiger partial charge is 0.388 e. The number of aryl methyl sites for hydroxylation is 1. The molecule has 1 aromatic carbocycles. The Kier molecular flexibility index (Phi) is 4.39. The fourth-order valence-electron chi connectivity index (χ4n) is 3.29. The van der Waals surface area contributed by atoms with Crippen molar-refractivity contribution in [2.75, 3.05) is 0 Å². The molecule has 0 radical (unpaired) electrons. The van der Waals surface area contributed by atoms with Crippen LogP contribution < -0.4 is 0 Å². The Morgan fingerprint density at radius 3 is 2.78 bits per heavy atom. The molecule has 2 heteroatoms. The number of hydrogen-bond donors (Lipinski definition) is 1. The third-order valence-corrected chi connectivity index (χ3v) is 4.44. The van der Waals surface area contributed by atoms with E-state index in [1.54, 1.807) is 19.1 Å². The molecule has 1 aliphatic carbocycles. The number of hydrogen-bond acceptors (Lipinski definition) is 1. The van der Waals surface area contributed by atoms with Crippen LogP contribution in [0, 0.1) is 24.6 Å². The second-order valence-electron chi connectivity index (χ2n) is 5.54. The smallest absolute Gasteiger partial charge is 0.131 e. The van der Waals surface area contributed by atoms with Gasteiger partial charge in [-0.3, -0.25) is 0 Å². The van der Waals surface area contributed by atoms with Gasteiger partial charge in [-0.2, -0.15) is 0 Å². The average Bonchev–Trinajstić information content (AvgIpc) is 2.41. The van der Waals surface area contributed by atoms with Crippen molar-refractivity contribution in [2.45, 2.75) is 52.1 Å². The molecule has 0 spiro atoms. The monoisotopic (exact) mass is 250 g/mol. The minimum Gasteiger partial charge on any atom is -0.388 e. The SMILES string of the molecule is CCC1CCCCC1C(O)c1cccc(C)c1F. The normalized spacial score (nSPS) is 26.0. The van der Waals surface area contributed by atoms with Crippen molar-refractivity contribution in [1.82, 2.24) is 0 Å². The van der Waals surface area contributed by atoms with E-state index < -0.39 is 6.10 Å². The van der Waals surface area contributed by atoms with Crippen molar-refractivity contribution in [3.63, 3.8) is 0 Å². The van der Waals surface area contributed by atoms with Gasteiger partial charge in [-0.05, 0) is 30.7 Å². The predicted octanol–water partition coefficient (Wildman–Crippen LogP) is 4.38. The molecule has 0 aromatic heterocycles. The molecule has 18 heavy (non-hydrogen) atoms. The van der Waals surface area contributed by atoms with Gasteiger partial charge in [0.2, 0.25) is 0 Å². The fraction of sp³-hybridized carbons (Fsp3) is 0.625. The summed E-state index contributed by atoms with van der Waals surface area (Å²) in [5.41, 5.74) is 1.11. The van der Waals surface area contributed by atoms with Gasteiger partial charge in [-0.25, -0.2) is 4.39 Å². The van der Waals surface area contributed by atoms with Crippen LogP contribution in [-0.2, 0) is 0 Å². The molecule has 0 bridgehead atoms. The second kappa shape index (κ2) is 5.83. The first-order chi connectivity index (χ1) is 8.65. The molecule has 0 heterocycles. The highest BCUT2D eigenvalue weighted by atomic mass is 19.1. The quantitative estimate of drug-likeness (QED) is 0.843. The summed E-state index contributed by atoms with van der Waals surface area (Å²) in [5.74, 6) is 0.527. The fourth-order valence-corrected chi connectivity index (χ4v) is 3.29. The van der Waals surface area contributed by atoms with E-state index in [1.165, 1.54) is 12.8 Å². The van der Waals surface area contributed by atoms with Crippen LogP contribution in [0.2, 0.25) is 0 Å². The molecule has 1 aromatic rings. The van der Waals surface area contributed by atoms with Gasteiger partial charge in [0.15, 0.2) is 0 Å². The Morgan fingerprint density at radius 1 is 1.33 bits per heavy atom. The molecule has 100 valence electrons. The third-order valence-electron chi connectivity index (χ3n) is 4.44. The van der Waals surface area contributed by atoms with Crippen molar-refractivity contribution < 1.29 is 9.50 Å². The first-order valence-electron chi connectivity index (χ1n) is 7.08. The van der Waals surface area contributed by atoms with Gasteiger partial charge in [0.25, 0.3) is 0 Å². The molecule has 3 atom stereocenters. The summed E-state index contributed by atoms with van der Waals surface area (Å²) in [5, 5.41) is 10.5. The number of rotatable bonds is 3. The Balaban J connectivity index is 2.23. The molecule has 0 amide bonds. The Hall–Kier alpha value is -0.890. The van der Waals surface area contributed by atoms with Crippen LogP contribution in [-0.4, -0.2) is 5.11 Å². The van der Waals surface area contributed by atoms with Gasteiger partial charge >= 0.3 is 0 Å². The highest BCUT2D eigenvalue weighted by molar-refractivity contribution is 5.27. The maximum atomic E-state index is 14.1. The first kappa shape index (κ1) is 13.5. The maximum absolute atomic E-state index is 14.1. The Labute approximate surface area is 109 Å². The molecule has 1 nitrogen and oxygen atoms in total. The van der Waals surface area contributed by atoms with E-state index in [0.717, 1.165) is 19.3 Å². The van der Waals surface area contributed by atoms with Crippen LogP contribution in [0.4, 0.5) is 4.39 Å². The summed E-state index contributed by atoms with van der Waals surface area (Å²) in [6.45, 7) is 3.92. The lowest BCUT2D eigenvalue weighted by Crippen LogP contribution is -2.26. The summed E-state index contributed by atoms with van der Waals surface area (Å²) >= 11 is 0. The maximum Gasteiger partial charge on any atom is 0.131 e. The van der Waals surface area contributed by atoms with E-state index in [9.17, 15) is 9.50 Å².